The molecule has 2 fully saturated rings. The van der Waals surface area contributed by atoms with E-state index in [2.05, 4.69) is 49.7 Å². The van der Waals surface area contributed by atoms with Crippen LogP contribution in [0.25, 0.3) is 0 Å². The van der Waals surface area contributed by atoms with Crippen LogP contribution in [0.15, 0.2) is 0 Å². The Labute approximate surface area is 136 Å². The Morgan fingerprint density at radius 2 is 1.86 bits per heavy atom. The van der Waals surface area contributed by atoms with Gasteiger partial charge in [-0.2, -0.15) is 11.8 Å². The number of hydrogen-bond acceptors (Lipinski definition) is 3. The highest BCUT2D eigenvalue weighted by molar-refractivity contribution is 7.99. The Morgan fingerprint density at radius 3 is 2.48 bits per heavy atom. The van der Waals surface area contributed by atoms with Crippen LogP contribution in [0.2, 0.25) is 0 Å². The van der Waals surface area contributed by atoms with Crippen molar-refractivity contribution in [2.45, 2.75) is 59.4 Å². The molecule has 2 nitrogen and oxygen atoms in total. The minimum absolute atomic E-state index is 0.478. The highest BCUT2D eigenvalue weighted by atomic mass is 32.2. The molecule has 3 unspecified atom stereocenters. The Morgan fingerprint density at radius 1 is 1.14 bits per heavy atom. The van der Waals surface area contributed by atoms with Crippen molar-refractivity contribution in [2.75, 3.05) is 37.7 Å². The fourth-order valence-electron chi connectivity index (χ4n) is 3.97. The van der Waals surface area contributed by atoms with Gasteiger partial charge in [0.1, 0.15) is 0 Å². The van der Waals surface area contributed by atoms with Crippen LogP contribution in [0.5, 0.6) is 0 Å². The average molecular weight is 313 g/mol. The SMILES string of the molecule is CCCNC1CCC(C(C)(C)C)CC1CN1CCSCC1. The van der Waals surface area contributed by atoms with Gasteiger partial charge in [-0.1, -0.05) is 27.7 Å². The highest BCUT2D eigenvalue weighted by Gasteiger charge is 2.36. The van der Waals surface area contributed by atoms with Gasteiger partial charge in [-0.05, 0) is 49.5 Å². The number of thioether (sulfide) groups is 1. The minimum atomic E-state index is 0.478. The first-order valence-electron chi connectivity index (χ1n) is 9.04. The Bertz CT molecular complexity index is 294. The van der Waals surface area contributed by atoms with Crippen molar-refractivity contribution < 1.29 is 0 Å². The van der Waals surface area contributed by atoms with Gasteiger partial charge in [0.2, 0.25) is 0 Å². The Balaban J connectivity index is 1.94. The Kier molecular flexibility index (Phi) is 6.89. The van der Waals surface area contributed by atoms with Crippen LogP contribution < -0.4 is 5.32 Å². The van der Waals surface area contributed by atoms with Crippen molar-refractivity contribution in [3.05, 3.63) is 0 Å². The van der Waals surface area contributed by atoms with Crippen LogP contribution in [-0.2, 0) is 0 Å². The average Bonchev–Trinajstić information content (AvgIpc) is 2.46. The van der Waals surface area contributed by atoms with Crippen molar-refractivity contribution >= 4 is 11.8 Å². The van der Waals surface area contributed by atoms with Gasteiger partial charge in [-0.15, -0.1) is 0 Å². The van der Waals surface area contributed by atoms with Crippen LogP contribution in [-0.4, -0.2) is 48.6 Å². The molecule has 1 aliphatic carbocycles. The topological polar surface area (TPSA) is 15.3 Å². The molecule has 1 N–H and O–H groups in total. The summed E-state index contributed by atoms with van der Waals surface area (Å²) in [6.07, 6.45) is 5.48. The van der Waals surface area contributed by atoms with E-state index in [9.17, 15) is 0 Å². The third-order valence-electron chi connectivity index (χ3n) is 5.46. The van der Waals surface area contributed by atoms with Crippen molar-refractivity contribution in [3.8, 4) is 0 Å². The summed E-state index contributed by atoms with van der Waals surface area (Å²) >= 11 is 2.12. The lowest BCUT2D eigenvalue weighted by Crippen LogP contribution is -2.48. The molecule has 124 valence electrons. The first kappa shape index (κ1) is 17.6. The summed E-state index contributed by atoms with van der Waals surface area (Å²) in [7, 11) is 0. The first-order valence-corrected chi connectivity index (χ1v) is 10.2. The maximum atomic E-state index is 3.85. The van der Waals surface area contributed by atoms with Crippen molar-refractivity contribution in [1.82, 2.24) is 10.2 Å². The van der Waals surface area contributed by atoms with E-state index >= 15 is 0 Å². The number of nitrogens with one attached hydrogen (secondary N) is 1. The third kappa shape index (κ3) is 5.44. The Hall–Kier alpha value is 0.270. The smallest absolute Gasteiger partial charge is 0.0108 e. The van der Waals surface area contributed by atoms with Crippen LogP contribution in [0.3, 0.4) is 0 Å². The van der Waals surface area contributed by atoms with Crippen molar-refractivity contribution in [3.63, 3.8) is 0 Å². The lowest BCUT2D eigenvalue weighted by atomic mass is 9.67. The van der Waals surface area contributed by atoms with Gasteiger partial charge in [-0.25, -0.2) is 0 Å². The van der Waals surface area contributed by atoms with Crippen molar-refractivity contribution in [1.29, 1.82) is 0 Å². The number of nitrogens with zero attached hydrogens (tertiary/aromatic N) is 1. The molecular weight excluding hydrogens is 276 g/mol. The molecular formula is C18H36N2S. The molecule has 1 saturated heterocycles. The summed E-state index contributed by atoms with van der Waals surface area (Å²) in [5, 5.41) is 3.85. The second-order valence-electron chi connectivity index (χ2n) is 8.11. The molecule has 0 amide bonds. The summed E-state index contributed by atoms with van der Waals surface area (Å²) in [6.45, 7) is 14.7. The molecule has 0 spiro atoms. The second kappa shape index (κ2) is 8.21. The molecule has 3 heteroatoms. The van der Waals surface area contributed by atoms with E-state index in [1.165, 1.54) is 63.4 Å². The first-order chi connectivity index (χ1) is 10.0. The number of hydrogen-bond donors (Lipinski definition) is 1. The zero-order chi connectivity index (χ0) is 15.3. The quantitative estimate of drug-likeness (QED) is 0.830. The minimum Gasteiger partial charge on any atom is -0.314 e. The molecule has 0 aromatic carbocycles. The van der Waals surface area contributed by atoms with E-state index in [0.717, 1.165) is 17.9 Å². The maximum absolute atomic E-state index is 3.85. The summed E-state index contributed by atoms with van der Waals surface area (Å²) in [6, 6.07) is 0.762. The van der Waals surface area contributed by atoms with E-state index in [4.69, 9.17) is 0 Å². The van der Waals surface area contributed by atoms with E-state index in [1.807, 2.05) is 0 Å². The molecule has 3 atom stereocenters. The lowest BCUT2D eigenvalue weighted by molar-refractivity contribution is 0.0898. The predicted molar refractivity (Wildman–Crippen MR) is 96.1 cm³/mol. The van der Waals surface area contributed by atoms with Gasteiger partial charge in [0.25, 0.3) is 0 Å². The largest absolute Gasteiger partial charge is 0.314 e. The monoisotopic (exact) mass is 312 g/mol. The van der Waals surface area contributed by atoms with Gasteiger partial charge in [0.15, 0.2) is 0 Å². The summed E-state index contributed by atoms with van der Waals surface area (Å²) in [5.74, 6) is 4.43. The molecule has 2 aliphatic rings. The van der Waals surface area contributed by atoms with Crippen LogP contribution in [0, 0.1) is 17.3 Å². The number of rotatable bonds is 5. The molecule has 0 aromatic heterocycles. The predicted octanol–water partition coefficient (Wildman–Crippen LogP) is 3.87. The maximum Gasteiger partial charge on any atom is 0.0108 e. The molecule has 0 radical (unpaired) electrons. The summed E-state index contributed by atoms with van der Waals surface area (Å²) < 4.78 is 0. The zero-order valence-corrected chi connectivity index (χ0v) is 15.5. The molecule has 0 bridgehead atoms. The molecule has 1 heterocycles. The molecule has 2 rings (SSSR count). The molecule has 0 aromatic rings. The zero-order valence-electron chi connectivity index (χ0n) is 14.7. The molecule has 1 aliphatic heterocycles. The molecule has 21 heavy (non-hydrogen) atoms. The van der Waals surface area contributed by atoms with Gasteiger partial charge in [0.05, 0.1) is 0 Å². The van der Waals surface area contributed by atoms with E-state index in [0.29, 0.717) is 5.41 Å². The summed E-state index contributed by atoms with van der Waals surface area (Å²) in [4.78, 5) is 2.73. The van der Waals surface area contributed by atoms with E-state index in [1.54, 1.807) is 0 Å². The van der Waals surface area contributed by atoms with Crippen LogP contribution in [0.4, 0.5) is 0 Å². The van der Waals surface area contributed by atoms with Gasteiger partial charge in [0, 0.05) is 37.2 Å². The van der Waals surface area contributed by atoms with Crippen molar-refractivity contribution in [2.24, 2.45) is 17.3 Å². The van der Waals surface area contributed by atoms with Crippen LogP contribution in [0.1, 0.15) is 53.4 Å². The fraction of sp³-hybridized carbons (Fsp3) is 1.00. The lowest BCUT2D eigenvalue weighted by Gasteiger charge is -2.44. The van der Waals surface area contributed by atoms with Crippen LogP contribution >= 0.6 is 11.8 Å². The third-order valence-corrected chi connectivity index (χ3v) is 6.40. The molecule has 1 saturated carbocycles. The second-order valence-corrected chi connectivity index (χ2v) is 9.33. The van der Waals surface area contributed by atoms with Gasteiger partial charge >= 0.3 is 0 Å². The fourth-order valence-corrected chi connectivity index (χ4v) is 4.94. The van der Waals surface area contributed by atoms with E-state index < -0.39 is 0 Å². The van der Waals surface area contributed by atoms with E-state index in [-0.39, 0.29) is 0 Å². The normalized spacial score (nSPS) is 32.3. The van der Waals surface area contributed by atoms with Gasteiger partial charge in [-0.3, -0.25) is 0 Å². The van der Waals surface area contributed by atoms with Gasteiger partial charge < -0.3 is 10.2 Å². The summed E-state index contributed by atoms with van der Waals surface area (Å²) in [5.41, 5.74) is 0.478. The highest BCUT2D eigenvalue weighted by Crippen LogP contribution is 2.40. The standard InChI is InChI=1S/C18H36N2S/c1-5-8-19-17-7-6-16(18(2,3)4)13-15(17)14-20-9-11-21-12-10-20/h15-17,19H,5-14H2,1-4H3.